The average molecular weight is 274 g/mol. The van der Waals surface area contributed by atoms with Gasteiger partial charge in [0, 0.05) is 12.1 Å². The van der Waals surface area contributed by atoms with E-state index in [2.05, 4.69) is 23.2 Å². The molecule has 1 saturated heterocycles. The Labute approximate surface area is 122 Å². The Kier molecular flexibility index (Phi) is 4.27. The molecule has 0 saturated carbocycles. The first-order valence-corrected chi connectivity index (χ1v) is 8.06. The standard InChI is InChI=1S/C17H26N2O/c1-2-19-10-8-14(9-11-19)18-17-5-3-4-13-12-15(20)6-7-16(13)17/h6-7,12,14,17-18,20H,2-5,8-11H2,1H3. The van der Waals surface area contributed by atoms with Crippen LogP contribution < -0.4 is 5.32 Å². The van der Waals surface area contributed by atoms with Gasteiger partial charge in [-0.2, -0.15) is 0 Å². The predicted octanol–water partition coefficient (Wildman–Crippen LogP) is 2.84. The summed E-state index contributed by atoms with van der Waals surface area (Å²) in [5.41, 5.74) is 2.74. The second kappa shape index (κ2) is 6.15. The summed E-state index contributed by atoms with van der Waals surface area (Å²) in [7, 11) is 0. The van der Waals surface area contributed by atoms with Gasteiger partial charge in [0.1, 0.15) is 5.75 Å². The minimum Gasteiger partial charge on any atom is -0.508 e. The summed E-state index contributed by atoms with van der Waals surface area (Å²) in [6, 6.07) is 7.03. The lowest BCUT2D eigenvalue weighted by Crippen LogP contribution is -2.44. The molecule has 20 heavy (non-hydrogen) atoms. The van der Waals surface area contributed by atoms with Crippen molar-refractivity contribution in [3.8, 4) is 5.75 Å². The quantitative estimate of drug-likeness (QED) is 0.889. The third-order valence-corrected chi connectivity index (χ3v) is 4.91. The van der Waals surface area contributed by atoms with E-state index in [1.54, 1.807) is 0 Å². The van der Waals surface area contributed by atoms with Gasteiger partial charge in [0.25, 0.3) is 0 Å². The molecule has 1 aliphatic heterocycles. The van der Waals surface area contributed by atoms with E-state index in [-0.39, 0.29) is 0 Å². The van der Waals surface area contributed by atoms with Crippen LogP contribution in [0.4, 0.5) is 0 Å². The van der Waals surface area contributed by atoms with Crippen molar-refractivity contribution in [3.05, 3.63) is 29.3 Å². The van der Waals surface area contributed by atoms with Crippen LogP contribution in [0.15, 0.2) is 18.2 Å². The fourth-order valence-corrected chi connectivity index (χ4v) is 3.67. The number of fused-ring (bicyclic) bond motifs is 1. The predicted molar refractivity (Wildman–Crippen MR) is 82.1 cm³/mol. The summed E-state index contributed by atoms with van der Waals surface area (Å²) in [5.74, 6) is 0.403. The van der Waals surface area contributed by atoms with Crippen molar-refractivity contribution in [2.24, 2.45) is 0 Å². The maximum Gasteiger partial charge on any atom is 0.115 e. The topological polar surface area (TPSA) is 35.5 Å². The molecule has 1 unspecified atom stereocenters. The number of phenolic OH excluding ortho intramolecular Hbond substituents is 1. The smallest absolute Gasteiger partial charge is 0.115 e. The van der Waals surface area contributed by atoms with Gasteiger partial charge in [-0.3, -0.25) is 0 Å². The first-order valence-electron chi connectivity index (χ1n) is 8.06. The van der Waals surface area contributed by atoms with Gasteiger partial charge >= 0.3 is 0 Å². The van der Waals surface area contributed by atoms with Crippen molar-refractivity contribution in [2.45, 2.75) is 51.1 Å². The zero-order chi connectivity index (χ0) is 13.9. The normalized spacial score (nSPS) is 24.6. The molecule has 0 amide bonds. The summed E-state index contributed by atoms with van der Waals surface area (Å²) < 4.78 is 0. The number of likely N-dealkylation sites (tertiary alicyclic amines) is 1. The Morgan fingerprint density at radius 1 is 1.25 bits per heavy atom. The maximum absolute atomic E-state index is 9.63. The lowest BCUT2D eigenvalue weighted by Gasteiger charge is -2.36. The van der Waals surface area contributed by atoms with Crippen LogP contribution in [-0.2, 0) is 6.42 Å². The van der Waals surface area contributed by atoms with Gasteiger partial charge < -0.3 is 15.3 Å². The van der Waals surface area contributed by atoms with Crippen LogP contribution >= 0.6 is 0 Å². The number of hydrogen-bond donors (Lipinski definition) is 2. The lowest BCUT2D eigenvalue weighted by atomic mass is 9.86. The fraction of sp³-hybridized carbons (Fsp3) is 0.647. The zero-order valence-corrected chi connectivity index (χ0v) is 12.4. The van der Waals surface area contributed by atoms with Crippen molar-refractivity contribution in [1.29, 1.82) is 0 Å². The largest absolute Gasteiger partial charge is 0.508 e. The van der Waals surface area contributed by atoms with E-state index in [0.29, 0.717) is 17.8 Å². The molecule has 1 aromatic carbocycles. The van der Waals surface area contributed by atoms with E-state index in [9.17, 15) is 5.11 Å². The highest BCUT2D eigenvalue weighted by Crippen LogP contribution is 2.32. The molecule has 1 atom stereocenters. The maximum atomic E-state index is 9.63. The van der Waals surface area contributed by atoms with Crippen LogP contribution in [0.2, 0.25) is 0 Å². The SMILES string of the molecule is CCN1CCC(NC2CCCc3cc(O)ccc32)CC1. The van der Waals surface area contributed by atoms with Gasteiger partial charge in [0.2, 0.25) is 0 Å². The molecule has 1 fully saturated rings. The van der Waals surface area contributed by atoms with E-state index in [4.69, 9.17) is 0 Å². The number of hydrogen-bond acceptors (Lipinski definition) is 3. The van der Waals surface area contributed by atoms with Gasteiger partial charge in [-0.25, -0.2) is 0 Å². The van der Waals surface area contributed by atoms with Gasteiger partial charge in [-0.05, 0) is 75.0 Å². The minimum atomic E-state index is 0.403. The first kappa shape index (κ1) is 13.9. The molecule has 3 heteroatoms. The minimum absolute atomic E-state index is 0.403. The van der Waals surface area contributed by atoms with Crippen LogP contribution in [0.25, 0.3) is 0 Å². The Bertz CT molecular complexity index is 452. The molecule has 0 radical (unpaired) electrons. The fourth-order valence-electron chi connectivity index (χ4n) is 3.67. The molecule has 1 heterocycles. The van der Waals surface area contributed by atoms with Gasteiger partial charge in [0.05, 0.1) is 0 Å². The van der Waals surface area contributed by atoms with Crippen molar-refractivity contribution in [1.82, 2.24) is 10.2 Å². The number of nitrogens with one attached hydrogen (secondary N) is 1. The molecule has 2 N–H and O–H groups in total. The Morgan fingerprint density at radius 3 is 2.80 bits per heavy atom. The monoisotopic (exact) mass is 274 g/mol. The summed E-state index contributed by atoms with van der Waals surface area (Å²) in [6.07, 6.45) is 6.08. The number of aryl methyl sites for hydroxylation is 1. The number of phenols is 1. The van der Waals surface area contributed by atoms with Crippen molar-refractivity contribution in [3.63, 3.8) is 0 Å². The van der Waals surface area contributed by atoms with E-state index < -0.39 is 0 Å². The van der Waals surface area contributed by atoms with Gasteiger partial charge in [-0.15, -0.1) is 0 Å². The second-order valence-corrected chi connectivity index (χ2v) is 6.20. The lowest BCUT2D eigenvalue weighted by molar-refractivity contribution is 0.196. The van der Waals surface area contributed by atoms with Crippen molar-refractivity contribution < 1.29 is 5.11 Å². The Morgan fingerprint density at radius 2 is 2.05 bits per heavy atom. The molecule has 0 aromatic heterocycles. The third-order valence-electron chi connectivity index (χ3n) is 4.91. The van der Waals surface area contributed by atoms with Crippen LogP contribution in [0, 0.1) is 0 Å². The number of nitrogens with zero attached hydrogens (tertiary/aromatic N) is 1. The molecule has 110 valence electrons. The van der Waals surface area contributed by atoms with Gasteiger partial charge in [0.15, 0.2) is 0 Å². The molecular weight excluding hydrogens is 248 g/mol. The van der Waals surface area contributed by atoms with E-state index in [1.165, 1.54) is 56.4 Å². The van der Waals surface area contributed by atoms with Crippen molar-refractivity contribution >= 4 is 0 Å². The Balaban J connectivity index is 1.65. The molecule has 1 aromatic rings. The number of benzene rings is 1. The number of piperidine rings is 1. The molecule has 1 aliphatic carbocycles. The molecule has 3 rings (SSSR count). The van der Waals surface area contributed by atoms with Crippen LogP contribution in [0.1, 0.15) is 49.8 Å². The zero-order valence-electron chi connectivity index (χ0n) is 12.4. The van der Waals surface area contributed by atoms with Crippen LogP contribution in [-0.4, -0.2) is 35.7 Å². The molecular formula is C17H26N2O. The van der Waals surface area contributed by atoms with Crippen molar-refractivity contribution in [2.75, 3.05) is 19.6 Å². The molecule has 3 nitrogen and oxygen atoms in total. The summed E-state index contributed by atoms with van der Waals surface area (Å²) in [4.78, 5) is 2.53. The first-order chi connectivity index (χ1) is 9.76. The highest BCUT2D eigenvalue weighted by atomic mass is 16.3. The number of aromatic hydroxyl groups is 1. The van der Waals surface area contributed by atoms with E-state index >= 15 is 0 Å². The molecule has 0 spiro atoms. The third kappa shape index (κ3) is 2.99. The molecule has 0 bridgehead atoms. The highest BCUT2D eigenvalue weighted by molar-refractivity contribution is 5.38. The van der Waals surface area contributed by atoms with Gasteiger partial charge in [-0.1, -0.05) is 13.0 Å². The highest BCUT2D eigenvalue weighted by Gasteiger charge is 2.25. The van der Waals surface area contributed by atoms with E-state index in [0.717, 1.165) is 6.42 Å². The summed E-state index contributed by atoms with van der Waals surface area (Å²) in [6.45, 7) is 5.88. The molecule has 2 aliphatic rings. The summed E-state index contributed by atoms with van der Waals surface area (Å²) >= 11 is 0. The van der Waals surface area contributed by atoms with E-state index in [1.807, 2.05) is 12.1 Å². The number of rotatable bonds is 3. The van der Waals surface area contributed by atoms with Crippen LogP contribution in [0.5, 0.6) is 5.75 Å². The average Bonchev–Trinajstić information content (AvgIpc) is 2.48. The van der Waals surface area contributed by atoms with Crippen LogP contribution in [0.3, 0.4) is 0 Å². The Hall–Kier alpha value is -1.06. The second-order valence-electron chi connectivity index (χ2n) is 6.20. The summed E-state index contributed by atoms with van der Waals surface area (Å²) in [5, 5.41) is 13.5.